The average molecular weight is 217 g/mol. The van der Waals surface area contributed by atoms with Crippen molar-refractivity contribution in [1.29, 1.82) is 0 Å². The van der Waals surface area contributed by atoms with Crippen molar-refractivity contribution >= 4 is 5.71 Å². The zero-order valence-corrected chi connectivity index (χ0v) is 10.1. The van der Waals surface area contributed by atoms with Crippen LogP contribution in [0.4, 0.5) is 0 Å². The van der Waals surface area contributed by atoms with Crippen molar-refractivity contribution in [2.75, 3.05) is 20.2 Å². The topological polar surface area (TPSA) is 79.9 Å². The highest BCUT2D eigenvalue weighted by Gasteiger charge is 2.24. The summed E-state index contributed by atoms with van der Waals surface area (Å²) in [5.74, 6) is 0. The number of nitrogens with zero attached hydrogens (tertiary/aromatic N) is 1. The predicted octanol–water partition coefficient (Wildman–Crippen LogP) is 0.569. The van der Waals surface area contributed by atoms with Crippen molar-refractivity contribution in [2.45, 2.75) is 38.8 Å². The van der Waals surface area contributed by atoms with Crippen molar-refractivity contribution < 1.29 is 9.94 Å². The van der Waals surface area contributed by atoms with E-state index in [2.05, 4.69) is 10.5 Å². The number of nitrogens with one attached hydrogen (secondary N) is 1. The highest BCUT2D eigenvalue weighted by molar-refractivity contribution is 5.92. The Kier molecular flexibility index (Phi) is 6.47. The summed E-state index contributed by atoms with van der Waals surface area (Å²) in [7, 11) is 1.63. The molecule has 1 atom stereocenters. The molecule has 0 rings (SSSR count). The standard InChI is InChI=1S/C10H23N3O2/c1-5-9(13-14)10(2,3)12-7-8(6-11)15-4/h8,12,14H,5-7,11H2,1-4H3. The first-order valence-electron chi connectivity index (χ1n) is 5.21. The van der Waals surface area contributed by atoms with E-state index in [4.69, 9.17) is 15.7 Å². The lowest BCUT2D eigenvalue weighted by Gasteiger charge is -2.28. The van der Waals surface area contributed by atoms with Gasteiger partial charge >= 0.3 is 0 Å². The number of oxime groups is 1. The van der Waals surface area contributed by atoms with Gasteiger partial charge in [0.2, 0.25) is 0 Å². The molecule has 0 radical (unpaired) electrons. The molecule has 90 valence electrons. The normalized spacial score (nSPS) is 15.4. The second-order valence-corrected chi connectivity index (χ2v) is 4.00. The highest BCUT2D eigenvalue weighted by Crippen LogP contribution is 2.08. The van der Waals surface area contributed by atoms with Crippen LogP contribution in [0.3, 0.4) is 0 Å². The van der Waals surface area contributed by atoms with Crippen molar-refractivity contribution in [2.24, 2.45) is 10.9 Å². The third-order valence-electron chi connectivity index (χ3n) is 2.54. The van der Waals surface area contributed by atoms with Gasteiger partial charge in [0.1, 0.15) is 0 Å². The van der Waals surface area contributed by atoms with Crippen LogP contribution in [0.2, 0.25) is 0 Å². The first-order chi connectivity index (χ1) is 7.01. The molecule has 5 nitrogen and oxygen atoms in total. The Labute approximate surface area is 91.7 Å². The maximum absolute atomic E-state index is 8.83. The summed E-state index contributed by atoms with van der Waals surface area (Å²) in [6.07, 6.45) is 0.692. The molecule has 0 aliphatic heterocycles. The number of hydrogen-bond acceptors (Lipinski definition) is 5. The minimum absolute atomic E-state index is 0.0129. The fourth-order valence-electron chi connectivity index (χ4n) is 1.37. The monoisotopic (exact) mass is 217 g/mol. The smallest absolute Gasteiger partial charge is 0.0817 e. The van der Waals surface area contributed by atoms with Crippen LogP contribution in [0.1, 0.15) is 27.2 Å². The SMILES string of the molecule is CCC(=NO)C(C)(C)NCC(CN)OC. The number of rotatable bonds is 7. The molecule has 0 saturated carbocycles. The Morgan fingerprint density at radius 1 is 1.60 bits per heavy atom. The zero-order valence-electron chi connectivity index (χ0n) is 10.1. The summed E-state index contributed by atoms with van der Waals surface area (Å²) in [4.78, 5) is 0. The minimum Gasteiger partial charge on any atom is -0.411 e. The summed E-state index contributed by atoms with van der Waals surface area (Å²) in [5.41, 5.74) is 5.89. The lowest BCUT2D eigenvalue weighted by atomic mass is 9.96. The molecule has 0 aromatic carbocycles. The van der Waals surface area contributed by atoms with E-state index in [-0.39, 0.29) is 11.6 Å². The van der Waals surface area contributed by atoms with Crippen molar-refractivity contribution in [1.82, 2.24) is 5.32 Å². The molecule has 0 spiro atoms. The van der Waals surface area contributed by atoms with Crippen LogP contribution >= 0.6 is 0 Å². The first kappa shape index (κ1) is 14.3. The largest absolute Gasteiger partial charge is 0.411 e. The summed E-state index contributed by atoms with van der Waals surface area (Å²) < 4.78 is 5.15. The fraction of sp³-hybridized carbons (Fsp3) is 0.900. The van der Waals surface area contributed by atoms with Crippen LogP contribution in [-0.2, 0) is 4.74 Å². The Morgan fingerprint density at radius 2 is 2.20 bits per heavy atom. The van der Waals surface area contributed by atoms with Crippen molar-refractivity contribution in [3.05, 3.63) is 0 Å². The van der Waals surface area contributed by atoms with Gasteiger partial charge in [0, 0.05) is 20.2 Å². The van der Waals surface area contributed by atoms with Crippen LogP contribution in [-0.4, -0.2) is 42.8 Å². The molecular weight excluding hydrogens is 194 g/mol. The lowest BCUT2D eigenvalue weighted by molar-refractivity contribution is 0.104. The average Bonchev–Trinajstić information content (AvgIpc) is 2.20. The molecule has 0 saturated heterocycles. The number of ether oxygens (including phenoxy) is 1. The molecule has 0 aromatic heterocycles. The van der Waals surface area contributed by atoms with Crippen molar-refractivity contribution in [3.8, 4) is 0 Å². The van der Waals surface area contributed by atoms with E-state index in [1.54, 1.807) is 7.11 Å². The van der Waals surface area contributed by atoms with Gasteiger partial charge in [-0.25, -0.2) is 0 Å². The predicted molar refractivity (Wildman–Crippen MR) is 61.4 cm³/mol. The van der Waals surface area contributed by atoms with E-state index in [0.29, 0.717) is 19.5 Å². The number of hydrogen-bond donors (Lipinski definition) is 3. The van der Waals surface area contributed by atoms with Gasteiger partial charge in [0.25, 0.3) is 0 Å². The molecule has 0 aliphatic carbocycles. The van der Waals surface area contributed by atoms with Crippen LogP contribution < -0.4 is 11.1 Å². The number of methoxy groups -OCH3 is 1. The van der Waals surface area contributed by atoms with E-state index < -0.39 is 0 Å². The van der Waals surface area contributed by atoms with Crippen molar-refractivity contribution in [3.63, 3.8) is 0 Å². The van der Waals surface area contributed by atoms with E-state index in [1.165, 1.54) is 0 Å². The molecule has 0 amide bonds. The zero-order chi connectivity index (χ0) is 11.9. The Balaban J connectivity index is 4.25. The Morgan fingerprint density at radius 3 is 2.53 bits per heavy atom. The molecule has 0 aromatic rings. The summed E-state index contributed by atoms with van der Waals surface area (Å²) in [6.45, 7) is 7.00. The molecule has 0 aliphatic rings. The van der Waals surface area contributed by atoms with Crippen LogP contribution in [0.5, 0.6) is 0 Å². The van der Waals surface area contributed by atoms with Gasteiger partial charge in [-0.05, 0) is 20.3 Å². The third-order valence-corrected chi connectivity index (χ3v) is 2.54. The van der Waals surface area contributed by atoms with E-state index in [0.717, 1.165) is 5.71 Å². The lowest BCUT2D eigenvalue weighted by Crippen LogP contribution is -2.50. The summed E-state index contributed by atoms with van der Waals surface area (Å²) in [6, 6.07) is 0. The van der Waals surface area contributed by atoms with Gasteiger partial charge < -0.3 is 21.0 Å². The van der Waals surface area contributed by atoms with Gasteiger partial charge in [0.05, 0.1) is 17.4 Å². The molecule has 5 heteroatoms. The molecule has 0 heterocycles. The highest BCUT2D eigenvalue weighted by atomic mass is 16.5. The van der Waals surface area contributed by atoms with Crippen LogP contribution in [0.15, 0.2) is 5.16 Å². The quantitative estimate of drug-likeness (QED) is 0.331. The van der Waals surface area contributed by atoms with Gasteiger partial charge in [0.15, 0.2) is 0 Å². The Hall–Kier alpha value is -0.650. The molecule has 4 N–H and O–H groups in total. The molecule has 0 fully saturated rings. The minimum atomic E-state index is -0.338. The molecule has 15 heavy (non-hydrogen) atoms. The number of nitrogens with two attached hydrogens (primary N) is 1. The molecule has 1 unspecified atom stereocenters. The van der Waals surface area contributed by atoms with Crippen LogP contribution in [0.25, 0.3) is 0 Å². The second kappa shape index (κ2) is 6.76. The summed E-state index contributed by atoms with van der Waals surface area (Å²) in [5, 5.41) is 15.4. The first-order valence-corrected chi connectivity index (χ1v) is 5.21. The van der Waals surface area contributed by atoms with E-state index >= 15 is 0 Å². The maximum atomic E-state index is 8.83. The fourth-order valence-corrected chi connectivity index (χ4v) is 1.37. The van der Waals surface area contributed by atoms with E-state index in [9.17, 15) is 0 Å². The van der Waals surface area contributed by atoms with Gasteiger partial charge in [-0.1, -0.05) is 12.1 Å². The van der Waals surface area contributed by atoms with E-state index in [1.807, 2.05) is 20.8 Å². The van der Waals surface area contributed by atoms with Gasteiger partial charge in [-0.3, -0.25) is 0 Å². The Bertz CT molecular complexity index is 201. The third kappa shape index (κ3) is 4.59. The summed E-state index contributed by atoms with van der Waals surface area (Å²) >= 11 is 0. The van der Waals surface area contributed by atoms with Gasteiger partial charge in [-0.2, -0.15) is 0 Å². The molecular formula is C10H23N3O2. The second-order valence-electron chi connectivity index (χ2n) is 4.00. The molecule has 0 bridgehead atoms. The maximum Gasteiger partial charge on any atom is 0.0817 e. The van der Waals surface area contributed by atoms with Crippen LogP contribution in [0, 0.1) is 0 Å². The van der Waals surface area contributed by atoms with Gasteiger partial charge in [-0.15, -0.1) is 0 Å².